The van der Waals surface area contributed by atoms with E-state index in [9.17, 15) is 4.79 Å². The largest absolute Gasteiger partial charge is 0.351 e. The van der Waals surface area contributed by atoms with Gasteiger partial charge in [-0.1, -0.05) is 78.6 Å². The SMILES string of the molecule is CCCCCCS(CCCCCC)(CCCCCC)NC(N)=O. The molecule has 0 unspecified atom stereocenters. The van der Waals surface area contributed by atoms with Crippen LogP contribution in [0.15, 0.2) is 0 Å². The summed E-state index contributed by atoms with van der Waals surface area (Å²) < 4.78 is 3.25. The summed E-state index contributed by atoms with van der Waals surface area (Å²) >= 11 is 0. The zero-order chi connectivity index (χ0) is 17.4. The van der Waals surface area contributed by atoms with Crippen molar-refractivity contribution >= 4 is 16.2 Å². The third-order valence-electron chi connectivity index (χ3n) is 4.48. The van der Waals surface area contributed by atoms with Gasteiger partial charge >= 0.3 is 6.03 Å². The van der Waals surface area contributed by atoms with Crippen LogP contribution in [0.1, 0.15) is 97.8 Å². The molecule has 0 aliphatic carbocycles. The molecule has 0 aromatic carbocycles. The van der Waals surface area contributed by atoms with Gasteiger partial charge in [-0.15, -0.1) is 0 Å². The summed E-state index contributed by atoms with van der Waals surface area (Å²) in [6.45, 7) is 6.74. The number of hydrogen-bond donors (Lipinski definition) is 2. The molecule has 3 N–H and O–H groups in total. The fourth-order valence-electron chi connectivity index (χ4n) is 3.09. The van der Waals surface area contributed by atoms with Crippen LogP contribution in [0.5, 0.6) is 0 Å². The molecule has 0 radical (unpaired) electrons. The molecule has 0 atom stereocenters. The van der Waals surface area contributed by atoms with E-state index in [1.165, 1.54) is 94.3 Å². The van der Waals surface area contributed by atoms with Crippen molar-refractivity contribution in [1.29, 1.82) is 0 Å². The number of nitrogens with two attached hydrogens (primary N) is 1. The van der Waals surface area contributed by atoms with Gasteiger partial charge in [0.25, 0.3) is 0 Å². The second kappa shape index (κ2) is 15.2. The lowest BCUT2D eigenvalue weighted by Crippen LogP contribution is -2.37. The number of nitrogens with one attached hydrogen (secondary N) is 1. The molecule has 0 spiro atoms. The molecule has 4 heteroatoms. The van der Waals surface area contributed by atoms with Crippen LogP contribution in [0.3, 0.4) is 0 Å². The molecule has 0 saturated heterocycles. The molecule has 0 aliphatic rings. The molecule has 0 aliphatic heterocycles. The Labute approximate surface area is 147 Å². The Balaban J connectivity index is 4.61. The first-order valence-corrected chi connectivity index (χ1v) is 12.1. The van der Waals surface area contributed by atoms with Gasteiger partial charge < -0.3 is 10.5 Å². The Morgan fingerprint density at radius 1 is 0.696 bits per heavy atom. The van der Waals surface area contributed by atoms with Gasteiger partial charge in [-0.2, -0.15) is 10.2 Å². The average Bonchev–Trinajstić information content (AvgIpc) is 2.52. The van der Waals surface area contributed by atoms with E-state index in [-0.39, 0.29) is 6.03 Å². The van der Waals surface area contributed by atoms with Crippen molar-refractivity contribution in [3.63, 3.8) is 0 Å². The third kappa shape index (κ3) is 12.7. The van der Waals surface area contributed by atoms with Crippen molar-refractivity contribution in [3.8, 4) is 0 Å². The van der Waals surface area contributed by atoms with Crippen molar-refractivity contribution in [2.75, 3.05) is 17.3 Å². The van der Waals surface area contributed by atoms with E-state index in [1.807, 2.05) is 0 Å². The van der Waals surface area contributed by atoms with E-state index in [1.54, 1.807) is 0 Å². The maximum atomic E-state index is 11.6. The van der Waals surface area contributed by atoms with Crippen LogP contribution in [-0.2, 0) is 0 Å². The van der Waals surface area contributed by atoms with Crippen molar-refractivity contribution in [2.45, 2.75) is 97.8 Å². The van der Waals surface area contributed by atoms with Crippen molar-refractivity contribution in [1.82, 2.24) is 4.72 Å². The van der Waals surface area contributed by atoms with Gasteiger partial charge in [0.15, 0.2) is 0 Å². The first-order valence-electron chi connectivity index (χ1n) is 9.93. The van der Waals surface area contributed by atoms with Gasteiger partial charge in [0.2, 0.25) is 0 Å². The fraction of sp³-hybridized carbons (Fsp3) is 0.947. The minimum Gasteiger partial charge on any atom is -0.351 e. The van der Waals surface area contributed by atoms with Crippen LogP contribution < -0.4 is 10.5 Å². The Bertz CT molecular complexity index is 253. The van der Waals surface area contributed by atoms with Crippen LogP contribution in [0.2, 0.25) is 0 Å². The van der Waals surface area contributed by atoms with Gasteiger partial charge in [-0.05, 0) is 36.5 Å². The van der Waals surface area contributed by atoms with Gasteiger partial charge in [-0.25, -0.2) is 4.79 Å². The smallest absolute Gasteiger partial charge is 0.320 e. The second-order valence-corrected chi connectivity index (χ2v) is 10.3. The van der Waals surface area contributed by atoms with Crippen LogP contribution in [0, 0.1) is 0 Å². The highest BCUT2D eigenvalue weighted by Gasteiger charge is 2.24. The summed E-state index contributed by atoms with van der Waals surface area (Å²) in [6.07, 6.45) is 15.3. The zero-order valence-corrected chi connectivity index (χ0v) is 16.8. The quantitative estimate of drug-likeness (QED) is 0.325. The number of unbranched alkanes of at least 4 members (excludes halogenated alkanes) is 9. The molecule has 0 rings (SSSR count). The predicted molar refractivity (Wildman–Crippen MR) is 107 cm³/mol. The number of amides is 2. The standard InChI is InChI=1S/C19H42N2OS/c1-4-7-10-13-16-23(21-19(20)22,17-14-11-8-5-2)18-15-12-9-6-3/h4-18H2,1-3H3,(H3,20,21,22). The van der Waals surface area contributed by atoms with Crippen molar-refractivity contribution in [3.05, 3.63) is 0 Å². The summed E-state index contributed by atoms with van der Waals surface area (Å²) in [4.78, 5) is 11.6. The van der Waals surface area contributed by atoms with Gasteiger partial charge in [0.05, 0.1) is 0 Å². The van der Waals surface area contributed by atoms with Crippen molar-refractivity contribution < 1.29 is 4.79 Å². The molecule has 0 heterocycles. The monoisotopic (exact) mass is 346 g/mol. The molecular weight excluding hydrogens is 304 g/mol. The molecule has 0 saturated carbocycles. The normalized spacial score (nSPS) is 12.3. The lowest BCUT2D eigenvalue weighted by molar-refractivity contribution is 0.254. The number of hydrogen-bond acceptors (Lipinski definition) is 1. The lowest BCUT2D eigenvalue weighted by Gasteiger charge is -2.41. The summed E-state index contributed by atoms with van der Waals surface area (Å²) in [7, 11) is -1.06. The number of carbonyl (C=O) groups excluding carboxylic acids is 1. The van der Waals surface area contributed by atoms with Gasteiger partial charge in [0, 0.05) is 0 Å². The van der Waals surface area contributed by atoms with E-state index in [0.717, 1.165) is 0 Å². The van der Waals surface area contributed by atoms with Crippen LogP contribution in [0.4, 0.5) is 4.79 Å². The number of primary amides is 1. The third-order valence-corrected chi connectivity index (χ3v) is 8.33. The van der Waals surface area contributed by atoms with E-state index in [2.05, 4.69) is 25.5 Å². The maximum Gasteiger partial charge on any atom is 0.320 e. The minimum atomic E-state index is -1.06. The first kappa shape index (κ1) is 22.6. The Kier molecular flexibility index (Phi) is 14.9. The summed E-state index contributed by atoms with van der Waals surface area (Å²) in [5.41, 5.74) is 5.54. The molecule has 0 fully saturated rings. The molecule has 3 nitrogen and oxygen atoms in total. The number of urea groups is 1. The van der Waals surface area contributed by atoms with Crippen LogP contribution >= 0.6 is 10.2 Å². The second-order valence-electron chi connectivity index (χ2n) is 6.81. The van der Waals surface area contributed by atoms with E-state index >= 15 is 0 Å². The number of carbonyl (C=O) groups is 1. The predicted octanol–water partition coefficient (Wildman–Crippen LogP) is 6.12. The van der Waals surface area contributed by atoms with Gasteiger partial charge in [0.1, 0.15) is 0 Å². The lowest BCUT2D eigenvalue weighted by atomic mass is 10.2. The zero-order valence-electron chi connectivity index (χ0n) is 16.0. The molecular formula is C19H42N2OS. The fourth-order valence-corrected chi connectivity index (χ4v) is 6.70. The molecule has 0 bridgehead atoms. The highest BCUT2D eigenvalue weighted by atomic mass is 32.3. The molecule has 140 valence electrons. The Morgan fingerprint density at radius 3 is 1.30 bits per heavy atom. The van der Waals surface area contributed by atoms with E-state index in [0.29, 0.717) is 0 Å². The summed E-state index contributed by atoms with van der Waals surface area (Å²) in [5.74, 6) is 3.52. The topological polar surface area (TPSA) is 55.1 Å². The van der Waals surface area contributed by atoms with Crippen LogP contribution in [-0.4, -0.2) is 23.3 Å². The van der Waals surface area contributed by atoms with Crippen molar-refractivity contribution in [2.24, 2.45) is 5.73 Å². The average molecular weight is 347 g/mol. The highest BCUT2D eigenvalue weighted by Crippen LogP contribution is 2.46. The number of rotatable bonds is 16. The molecule has 0 aromatic rings. The van der Waals surface area contributed by atoms with Crippen LogP contribution in [0.25, 0.3) is 0 Å². The first-order chi connectivity index (χ1) is 11.1. The molecule has 0 aromatic heterocycles. The minimum absolute atomic E-state index is 0.304. The summed E-state index contributed by atoms with van der Waals surface area (Å²) in [6, 6.07) is -0.304. The maximum absolute atomic E-state index is 11.6. The van der Waals surface area contributed by atoms with E-state index < -0.39 is 10.2 Å². The molecule has 2 amide bonds. The van der Waals surface area contributed by atoms with E-state index in [4.69, 9.17) is 5.73 Å². The highest BCUT2D eigenvalue weighted by molar-refractivity contribution is 8.32. The Hall–Kier alpha value is -0.380. The summed E-state index contributed by atoms with van der Waals surface area (Å²) in [5, 5.41) is 0. The molecule has 23 heavy (non-hydrogen) atoms. The Morgan fingerprint density at radius 2 is 1.04 bits per heavy atom. The van der Waals surface area contributed by atoms with Gasteiger partial charge in [-0.3, -0.25) is 0 Å².